The number of piperidine rings is 3. The maximum atomic E-state index is 13.0. The van der Waals surface area contributed by atoms with E-state index in [9.17, 15) is 4.79 Å². The van der Waals surface area contributed by atoms with Crippen LogP contribution in [-0.2, 0) is 0 Å². The van der Waals surface area contributed by atoms with Crippen molar-refractivity contribution in [2.75, 3.05) is 19.6 Å². The summed E-state index contributed by atoms with van der Waals surface area (Å²) >= 11 is 0. The van der Waals surface area contributed by atoms with Gasteiger partial charge in [-0.3, -0.25) is 4.79 Å². The minimum absolute atomic E-state index is 0.193. The molecular formula is C18H22N2O. The summed E-state index contributed by atoms with van der Waals surface area (Å²) in [6.07, 6.45) is 4.58. The first kappa shape index (κ1) is 13.1. The topological polar surface area (TPSA) is 25.2 Å². The van der Waals surface area contributed by atoms with Crippen LogP contribution in [0.4, 0.5) is 0 Å². The maximum absolute atomic E-state index is 13.0. The lowest BCUT2D eigenvalue weighted by Crippen LogP contribution is -2.50. The summed E-state index contributed by atoms with van der Waals surface area (Å²) in [6.45, 7) is 7.69. The Morgan fingerprint density at radius 3 is 2.52 bits per heavy atom. The molecule has 0 amide bonds. The monoisotopic (exact) mass is 282 g/mol. The number of rotatable bonds is 1. The van der Waals surface area contributed by atoms with Crippen molar-refractivity contribution >= 4 is 10.8 Å². The third-order valence-corrected chi connectivity index (χ3v) is 5.44. The van der Waals surface area contributed by atoms with Crippen LogP contribution in [0.2, 0.25) is 0 Å². The molecule has 3 saturated heterocycles. The SMILES string of the molecule is Cc1cccc2c(=O)n(C3CN4CCC3CC4)cc(C)c12. The first-order chi connectivity index (χ1) is 10.1. The van der Waals surface area contributed by atoms with Crippen LogP contribution >= 0.6 is 0 Å². The van der Waals surface area contributed by atoms with Crippen molar-refractivity contribution < 1.29 is 0 Å². The largest absolute Gasteiger partial charge is 0.310 e. The van der Waals surface area contributed by atoms with Crippen LogP contribution in [0, 0.1) is 19.8 Å². The Bertz CT molecular complexity index is 754. The summed E-state index contributed by atoms with van der Waals surface area (Å²) in [6, 6.07) is 6.44. The lowest BCUT2D eigenvalue weighted by molar-refractivity contribution is 0.0556. The average molecular weight is 282 g/mol. The second kappa shape index (κ2) is 4.70. The summed E-state index contributed by atoms with van der Waals surface area (Å²) in [5, 5.41) is 2.02. The molecule has 4 heterocycles. The standard InChI is InChI=1S/C18H22N2O/c1-12-4-3-5-15-17(12)13(2)10-20(18(15)21)16-11-19-8-6-14(16)7-9-19/h3-5,10,14,16H,6-9,11H2,1-2H3. The number of fused-ring (bicyclic) bond motifs is 4. The molecule has 1 aromatic heterocycles. The van der Waals surface area contributed by atoms with E-state index in [1.165, 1.54) is 37.1 Å². The maximum Gasteiger partial charge on any atom is 0.258 e. The van der Waals surface area contributed by atoms with Crippen molar-refractivity contribution in [1.29, 1.82) is 0 Å². The van der Waals surface area contributed by atoms with Gasteiger partial charge < -0.3 is 9.47 Å². The van der Waals surface area contributed by atoms with Crippen molar-refractivity contribution in [3.05, 3.63) is 45.9 Å². The molecule has 21 heavy (non-hydrogen) atoms. The zero-order valence-corrected chi connectivity index (χ0v) is 12.8. The van der Waals surface area contributed by atoms with Gasteiger partial charge in [0.15, 0.2) is 0 Å². The number of hydrogen-bond acceptors (Lipinski definition) is 2. The number of nitrogens with zero attached hydrogens (tertiary/aromatic N) is 2. The molecule has 3 heteroatoms. The molecule has 110 valence electrons. The van der Waals surface area contributed by atoms with E-state index in [0.717, 1.165) is 17.3 Å². The quantitative estimate of drug-likeness (QED) is 0.803. The van der Waals surface area contributed by atoms with Gasteiger partial charge in [-0.25, -0.2) is 0 Å². The van der Waals surface area contributed by atoms with Crippen LogP contribution in [-0.4, -0.2) is 29.1 Å². The number of hydrogen-bond donors (Lipinski definition) is 0. The number of pyridine rings is 1. The Labute approximate surface area is 125 Å². The van der Waals surface area contributed by atoms with Crippen LogP contribution in [0.15, 0.2) is 29.2 Å². The van der Waals surface area contributed by atoms with Crippen molar-refractivity contribution in [3.63, 3.8) is 0 Å². The van der Waals surface area contributed by atoms with E-state index in [-0.39, 0.29) is 5.56 Å². The third-order valence-electron chi connectivity index (χ3n) is 5.44. The first-order valence-corrected chi connectivity index (χ1v) is 7.98. The summed E-state index contributed by atoms with van der Waals surface area (Å²) in [5.41, 5.74) is 2.61. The molecule has 2 bridgehead atoms. The van der Waals surface area contributed by atoms with Crippen LogP contribution < -0.4 is 5.56 Å². The van der Waals surface area contributed by atoms with Crippen LogP contribution in [0.25, 0.3) is 10.8 Å². The fourth-order valence-corrected chi connectivity index (χ4v) is 4.34. The summed E-state index contributed by atoms with van der Waals surface area (Å²) < 4.78 is 2.03. The molecule has 3 aliphatic heterocycles. The van der Waals surface area contributed by atoms with Crippen molar-refractivity contribution in [2.24, 2.45) is 5.92 Å². The van der Waals surface area contributed by atoms with E-state index in [0.29, 0.717) is 12.0 Å². The van der Waals surface area contributed by atoms with Gasteiger partial charge in [-0.1, -0.05) is 12.1 Å². The third kappa shape index (κ3) is 1.95. The molecule has 3 aliphatic rings. The number of benzene rings is 1. The molecule has 2 aromatic rings. The lowest BCUT2D eigenvalue weighted by atomic mass is 9.83. The minimum Gasteiger partial charge on any atom is -0.310 e. The fraction of sp³-hybridized carbons (Fsp3) is 0.500. The second-order valence-corrected chi connectivity index (χ2v) is 6.73. The van der Waals surface area contributed by atoms with E-state index in [1.807, 2.05) is 16.7 Å². The van der Waals surface area contributed by atoms with Crippen LogP contribution in [0.3, 0.4) is 0 Å². The number of aromatic nitrogens is 1. The van der Waals surface area contributed by atoms with Gasteiger partial charge in [0.2, 0.25) is 0 Å². The Hall–Kier alpha value is -1.61. The van der Waals surface area contributed by atoms with Gasteiger partial charge in [0.1, 0.15) is 0 Å². The van der Waals surface area contributed by atoms with Crippen LogP contribution in [0.5, 0.6) is 0 Å². The molecule has 0 radical (unpaired) electrons. The first-order valence-electron chi connectivity index (χ1n) is 7.98. The Balaban J connectivity index is 1.91. The second-order valence-electron chi connectivity index (χ2n) is 6.73. The molecule has 0 saturated carbocycles. The molecular weight excluding hydrogens is 260 g/mol. The highest BCUT2D eigenvalue weighted by Crippen LogP contribution is 2.35. The van der Waals surface area contributed by atoms with E-state index in [1.54, 1.807) is 0 Å². The average Bonchev–Trinajstić information content (AvgIpc) is 2.52. The number of aryl methyl sites for hydroxylation is 2. The highest BCUT2D eigenvalue weighted by Gasteiger charge is 2.35. The summed E-state index contributed by atoms with van der Waals surface area (Å²) in [7, 11) is 0. The van der Waals surface area contributed by atoms with Gasteiger partial charge in [-0.15, -0.1) is 0 Å². The van der Waals surface area contributed by atoms with Gasteiger partial charge in [0.25, 0.3) is 5.56 Å². The normalized spacial score (nSPS) is 28.2. The molecule has 0 spiro atoms. The Morgan fingerprint density at radius 2 is 1.86 bits per heavy atom. The van der Waals surface area contributed by atoms with Crippen LogP contribution in [0.1, 0.15) is 30.0 Å². The molecule has 1 unspecified atom stereocenters. The minimum atomic E-state index is 0.193. The molecule has 1 atom stereocenters. The molecule has 0 N–H and O–H groups in total. The molecule has 3 nitrogen and oxygen atoms in total. The summed E-state index contributed by atoms with van der Waals surface area (Å²) in [4.78, 5) is 15.5. The lowest BCUT2D eigenvalue weighted by Gasteiger charge is -2.45. The Morgan fingerprint density at radius 1 is 1.10 bits per heavy atom. The van der Waals surface area contributed by atoms with Crippen molar-refractivity contribution in [2.45, 2.75) is 32.7 Å². The molecule has 5 rings (SSSR count). The highest BCUT2D eigenvalue weighted by atomic mass is 16.1. The fourth-order valence-electron chi connectivity index (χ4n) is 4.34. The predicted octanol–water partition coefficient (Wildman–Crippen LogP) is 2.89. The van der Waals surface area contributed by atoms with Gasteiger partial charge in [0.05, 0.1) is 6.04 Å². The smallest absolute Gasteiger partial charge is 0.258 e. The molecule has 0 aliphatic carbocycles. The summed E-state index contributed by atoms with van der Waals surface area (Å²) in [5.74, 6) is 0.675. The van der Waals surface area contributed by atoms with Crippen molar-refractivity contribution in [1.82, 2.24) is 9.47 Å². The van der Waals surface area contributed by atoms with Gasteiger partial charge in [0, 0.05) is 18.1 Å². The van der Waals surface area contributed by atoms with E-state index >= 15 is 0 Å². The van der Waals surface area contributed by atoms with Gasteiger partial charge in [-0.05, 0) is 68.3 Å². The molecule has 3 fully saturated rings. The predicted molar refractivity (Wildman–Crippen MR) is 85.9 cm³/mol. The van der Waals surface area contributed by atoms with E-state index in [2.05, 4.69) is 31.0 Å². The zero-order valence-electron chi connectivity index (χ0n) is 12.8. The van der Waals surface area contributed by atoms with Gasteiger partial charge in [-0.2, -0.15) is 0 Å². The molecule has 1 aromatic carbocycles. The zero-order chi connectivity index (χ0) is 14.6. The Kier molecular flexibility index (Phi) is 2.93. The van der Waals surface area contributed by atoms with Gasteiger partial charge >= 0.3 is 0 Å². The highest BCUT2D eigenvalue weighted by molar-refractivity contribution is 5.87. The van der Waals surface area contributed by atoms with E-state index < -0.39 is 0 Å². The van der Waals surface area contributed by atoms with E-state index in [4.69, 9.17) is 0 Å². The van der Waals surface area contributed by atoms with Crippen molar-refractivity contribution in [3.8, 4) is 0 Å².